The number of hydrogen-bond acceptors (Lipinski definition) is 2. The molecule has 0 aliphatic rings. The van der Waals surface area contributed by atoms with Gasteiger partial charge in [-0.2, -0.15) is 0 Å². The first-order valence-electron chi connectivity index (χ1n) is 1.63. The molecule has 44 valence electrons. The van der Waals surface area contributed by atoms with Crippen LogP contribution < -0.4 is 0 Å². The zero-order valence-electron chi connectivity index (χ0n) is 3.47. The largest absolute Gasteiger partial charge is 0.394 e. The van der Waals surface area contributed by atoms with Crippen LogP contribution in [0.25, 0.3) is 0 Å². The molecule has 0 radical (unpaired) electrons. The second-order valence-electron chi connectivity index (χ2n) is 0.759. The summed E-state index contributed by atoms with van der Waals surface area (Å²) in [7, 11) is 0. The number of rotatable bonds is 3. The van der Waals surface area contributed by atoms with Crippen LogP contribution in [0.4, 0.5) is 0 Å². The maximum Gasteiger partial charge on any atom is 0.225 e. The van der Waals surface area contributed by atoms with Crippen LogP contribution >= 0.6 is 29.3 Å². The highest BCUT2D eigenvalue weighted by molar-refractivity contribution is 8.00. The summed E-state index contributed by atoms with van der Waals surface area (Å²) in [5, 5.41) is 8.08. The van der Waals surface area contributed by atoms with Crippen molar-refractivity contribution >= 4 is 29.3 Å². The van der Waals surface area contributed by atoms with Gasteiger partial charge in [-0.25, -0.2) is 0 Å². The topological polar surface area (TPSA) is 29.5 Å². The normalized spacial score (nSPS) is 10.3. The van der Waals surface area contributed by atoms with Crippen LogP contribution in [0.1, 0.15) is 0 Å². The van der Waals surface area contributed by atoms with E-state index in [0.29, 0.717) is 0 Å². The van der Waals surface area contributed by atoms with Gasteiger partial charge < -0.3 is 9.63 Å². The standard InChI is InChI=1S/C2H5Cl2O2P/c3-7(4)6-2-1-5/h5H,1-2H2. The molecule has 0 amide bonds. The van der Waals surface area contributed by atoms with Gasteiger partial charge in [0, 0.05) is 0 Å². The van der Waals surface area contributed by atoms with Crippen LogP contribution in [0.2, 0.25) is 0 Å². The van der Waals surface area contributed by atoms with Crippen molar-refractivity contribution in [2.75, 3.05) is 13.2 Å². The minimum atomic E-state index is -1.32. The third-order valence-electron chi connectivity index (χ3n) is 0.280. The second kappa shape index (κ2) is 5.07. The van der Waals surface area contributed by atoms with Gasteiger partial charge in [0.1, 0.15) is 0 Å². The first-order valence-corrected chi connectivity index (χ1v) is 4.70. The van der Waals surface area contributed by atoms with E-state index < -0.39 is 6.85 Å². The van der Waals surface area contributed by atoms with Gasteiger partial charge in [0.15, 0.2) is 0 Å². The molecule has 7 heavy (non-hydrogen) atoms. The van der Waals surface area contributed by atoms with Crippen LogP contribution in [-0.2, 0) is 4.52 Å². The zero-order chi connectivity index (χ0) is 5.70. The molecule has 0 saturated carbocycles. The summed E-state index contributed by atoms with van der Waals surface area (Å²) in [6.45, 7) is -1.13. The molecule has 2 nitrogen and oxygen atoms in total. The summed E-state index contributed by atoms with van der Waals surface area (Å²) in [4.78, 5) is 0. The van der Waals surface area contributed by atoms with Gasteiger partial charge in [0.25, 0.3) is 0 Å². The molecule has 0 bridgehead atoms. The molecule has 0 aliphatic heterocycles. The van der Waals surface area contributed by atoms with Gasteiger partial charge in [0.05, 0.1) is 13.2 Å². The van der Waals surface area contributed by atoms with Crippen molar-refractivity contribution in [1.82, 2.24) is 0 Å². The summed E-state index contributed by atoms with van der Waals surface area (Å²) in [5.41, 5.74) is 0. The lowest BCUT2D eigenvalue weighted by molar-refractivity contribution is 0.218. The number of aliphatic hydroxyl groups is 1. The molecular weight excluding hydrogens is 158 g/mol. The highest BCUT2D eigenvalue weighted by atomic mass is 35.9. The Balaban J connectivity index is 2.68. The molecule has 0 rings (SSSR count). The summed E-state index contributed by atoms with van der Waals surface area (Å²) < 4.78 is 4.54. The Labute approximate surface area is 52.8 Å². The lowest BCUT2D eigenvalue weighted by atomic mass is 10.8. The van der Waals surface area contributed by atoms with Gasteiger partial charge in [0.2, 0.25) is 6.85 Å². The molecule has 0 aromatic rings. The van der Waals surface area contributed by atoms with E-state index in [1.54, 1.807) is 0 Å². The minimum absolute atomic E-state index is 0.0295. The quantitative estimate of drug-likeness (QED) is 0.641. The Bertz CT molecular complexity index is 42.7. The minimum Gasteiger partial charge on any atom is -0.394 e. The van der Waals surface area contributed by atoms with Crippen LogP contribution in [0.3, 0.4) is 0 Å². The first kappa shape index (κ1) is 7.93. The van der Waals surface area contributed by atoms with Crippen molar-refractivity contribution in [3.05, 3.63) is 0 Å². The second-order valence-corrected chi connectivity index (χ2v) is 3.78. The molecule has 0 fully saturated rings. The first-order chi connectivity index (χ1) is 3.27. The number of hydrogen-bond donors (Lipinski definition) is 1. The van der Waals surface area contributed by atoms with E-state index in [2.05, 4.69) is 4.52 Å². The molecule has 0 aliphatic carbocycles. The predicted molar refractivity (Wildman–Crippen MR) is 31.7 cm³/mol. The van der Waals surface area contributed by atoms with Crippen molar-refractivity contribution in [3.8, 4) is 0 Å². The third kappa shape index (κ3) is 6.93. The number of aliphatic hydroxyl groups excluding tert-OH is 1. The summed E-state index contributed by atoms with van der Waals surface area (Å²) in [6.07, 6.45) is 0. The predicted octanol–water partition coefficient (Wildman–Crippen LogP) is 1.70. The van der Waals surface area contributed by atoms with E-state index in [9.17, 15) is 0 Å². The molecular formula is C2H5Cl2O2P. The fourth-order valence-corrected chi connectivity index (χ4v) is 0.744. The Hall–Kier alpha value is 0.930. The fraction of sp³-hybridized carbons (Fsp3) is 1.00. The molecule has 0 saturated heterocycles. The van der Waals surface area contributed by atoms with Crippen molar-refractivity contribution < 1.29 is 9.63 Å². The Morgan fingerprint density at radius 1 is 1.57 bits per heavy atom. The van der Waals surface area contributed by atoms with Crippen molar-refractivity contribution in [3.63, 3.8) is 0 Å². The molecule has 1 N–H and O–H groups in total. The summed E-state index contributed by atoms with van der Waals surface area (Å²) >= 11 is 10.3. The molecule has 0 spiro atoms. The molecule has 0 heterocycles. The molecule has 5 heteroatoms. The van der Waals surface area contributed by atoms with Crippen LogP contribution in [0.15, 0.2) is 0 Å². The van der Waals surface area contributed by atoms with Crippen LogP contribution in [0.5, 0.6) is 0 Å². The lowest BCUT2D eigenvalue weighted by Crippen LogP contribution is -1.89. The van der Waals surface area contributed by atoms with Crippen LogP contribution in [-0.4, -0.2) is 18.3 Å². The van der Waals surface area contributed by atoms with Gasteiger partial charge in [-0.15, -0.1) is 0 Å². The molecule has 0 aromatic carbocycles. The SMILES string of the molecule is OCCOP(Cl)Cl. The highest BCUT2D eigenvalue weighted by Crippen LogP contribution is 2.47. The Kier molecular flexibility index (Phi) is 5.75. The maximum absolute atomic E-state index is 8.08. The van der Waals surface area contributed by atoms with E-state index in [-0.39, 0.29) is 13.2 Å². The lowest BCUT2D eigenvalue weighted by Gasteiger charge is -1.96. The Morgan fingerprint density at radius 3 is 2.29 bits per heavy atom. The van der Waals surface area contributed by atoms with E-state index >= 15 is 0 Å². The van der Waals surface area contributed by atoms with Crippen molar-refractivity contribution in [1.29, 1.82) is 0 Å². The molecule has 0 atom stereocenters. The Morgan fingerprint density at radius 2 is 2.14 bits per heavy atom. The molecule has 0 unspecified atom stereocenters. The average molecular weight is 163 g/mol. The summed E-state index contributed by atoms with van der Waals surface area (Å²) in [6, 6.07) is 0. The van der Waals surface area contributed by atoms with Crippen LogP contribution in [0, 0.1) is 0 Å². The van der Waals surface area contributed by atoms with Crippen molar-refractivity contribution in [2.24, 2.45) is 0 Å². The van der Waals surface area contributed by atoms with Crippen molar-refractivity contribution in [2.45, 2.75) is 0 Å². The molecule has 0 aromatic heterocycles. The van der Waals surface area contributed by atoms with Gasteiger partial charge >= 0.3 is 0 Å². The van der Waals surface area contributed by atoms with E-state index in [1.807, 2.05) is 0 Å². The zero-order valence-corrected chi connectivity index (χ0v) is 5.88. The van der Waals surface area contributed by atoms with E-state index in [1.165, 1.54) is 0 Å². The van der Waals surface area contributed by atoms with Gasteiger partial charge in [-0.05, 0) is 22.5 Å². The maximum atomic E-state index is 8.08. The van der Waals surface area contributed by atoms with Gasteiger partial charge in [-0.3, -0.25) is 0 Å². The van der Waals surface area contributed by atoms with E-state index in [4.69, 9.17) is 27.6 Å². The van der Waals surface area contributed by atoms with E-state index in [0.717, 1.165) is 0 Å². The summed E-state index contributed by atoms with van der Waals surface area (Å²) in [5.74, 6) is 0. The fourth-order valence-electron chi connectivity index (χ4n) is 0.110. The van der Waals surface area contributed by atoms with Gasteiger partial charge in [-0.1, -0.05) is 0 Å². The average Bonchev–Trinajstić information content (AvgIpc) is 1.61. The highest BCUT2D eigenvalue weighted by Gasteiger charge is 1.94. The monoisotopic (exact) mass is 162 g/mol. The smallest absolute Gasteiger partial charge is 0.225 e. The number of halogens is 2. The third-order valence-corrected chi connectivity index (χ3v) is 1.24.